The molecular formula is C24H40IN5O3. The molecule has 8 nitrogen and oxygen atoms in total. The fourth-order valence-corrected chi connectivity index (χ4v) is 3.66. The molecule has 3 N–H and O–H groups in total. The van der Waals surface area contributed by atoms with E-state index in [-0.39, 0.29) is 30.1 Å². The van der Waals surface area contributed by atoms with Gasteiger partial charge in [-0.3, -0.25) is 4.79 Å². The van der Waals surface area contributed by atoms with Gasteiger partial charge < -0.3 is 25.6 Å². The van der Waals surface area contributed by atoms with Crippen LogP contribution in [0.5, 0.6) is 0 Å². The van der Waals surface area contributed by atoms with Crippen molar-refractivity contribution in [2.75, 3.05) is 32.7 Å². The minimum absolute atomic E-state index is 0. The number of nitrogens with two attached hydrogens (primary N) is 1. The lowest BCUT2D eigenvalue weighted by Crippen LogP contribution is -2.47. The number of benzene rings is 1. The first-order chi connectivity index (χ1) is 15.1. The first-order valence-corrected chi connectivity index (χ1v) is 11.5. The number of piperidine rings is 1. The minimum atomic E-state index is -0.481. The van der Waals surface area contributed by atoms with Crippen molar-refractivity contribution in [2.45, 2.75) is 59.6 Å². The maximum absolute atomic E-state index is 12.4. The highest BCUT2D eigenvalue weighted by atomic mass is 127. The van der Waals surface area contributed by atoms with Gasteiger partial charge in [0.2, 0.25) is 5.91 Å². The molecule has 1 aliphatic heterocycles. The Morgan fingerprint density at radius 2 is 1.79 bits per heavy atom. The van der Waals surface area contributed by atoms with Gasteiger partial charge >= 0.3 is 6.09 Å². The highest BCUT2D eigenvalue weighted by Crippen LogP contribution is 2.20. The van der Waals surface area contributed by atoms with Crippen molar-refractivity contribution in [1.82, 2.24) is 15.1 Å². The van der Waals surface area contributed by atoms with Crippen molar-refractivity contribution in [1.29, 1.82) is 0 Å². The quantitative estimate of drug-likeness (QED) is 0.294. The van der Waals surface area contributed by atoms with Crippen LogP contribution < -0.4 is 11.1 Å². The van der Waals surface area contributed by atoms with E-state index >= 15 is 0 Å². The number of ether oxygens (including phenoxy) is 1. The zero-order valence-electron chi connectivity index (χ0n) is 20.6. The fraction of sp³-hybridized carbons (Fsp3) is 0.625. The van der Waals surface area contributed by atoms with Gasteiger partial charge in [-0.05, 0) is 71.1 Å². The molecule has 0 radical (unpaired) electrons. The molecule has 2 amide bonds. The molecule has 0 atom stereocenters. The lowest BCUT2D eigenvalue weighted by atomic mass is 9.96. The average molecular weight is 574 g/mol. The molecule has 2 rings (SSSR count). The van der Waals surface area contributed by atoms with E-state index in [1.54, 1.807) is 17.0 Å². The highest BCUT2D eigenvalue weighted by molar-refractivity contribution is 14.0. The van der Waals surface area contributed by atoms with Crippen molar-refractivity contribution in [3.8, 4) is 0 Å². The van der Waals surface area contributed by atoms with Gasteiger partial charge in [0, 0.05) is 38.3 Å². The molecule has 1 fully saturated rings. The molecule has 1 aromatic carbocycles. The second kappa shape index (κ2) is 13.6. The number of nitrogens with one attached hydrogen (secondary N) is 1. The number of aliphatic imine (C=N–C) groups is 1. The van der Waals surface area contributed by atoms with Crippen LogP contribution >= 0.6 is 24.0 Å². The molecule has 1 heterocycles. The Labute approximate surface area is 215 Å². The number of hydrogen-bond acceptors (Lipinski definition) is 4. The fourth-order valence-electron chi connectivity index (χ4n) is 3.66. The number of likely N-dealkylation sites (tertiary alicyclic amines) is 1. The predicted molar refractivity (Wildman–Crippen MR) is 143 cm³/mol. The van der Waals surface area contributed by atoms with Crippen LogP contribution in [0.15, 0.2) is 29.3 Å². The molecule has 1 saturated heterocycles. The summed E-state index contributed by atoms with van der Waals surface area (Å²) in [4.78, 5) is 32.5. The zero-order chi connectivity index (χ0) is 23.7. The Morgan fingerprint density at radius 1 is 1.18 bits per heavy atom. The van der Waals surface area contributed by atoms with Gasteiger partial charge in [-0.2, -0.15) is 0 Å². The second-order valence-electron chi connectivity index (χ2n) is 9.18. The van der Waals surface area contributed by atoms with Crippen LogP contribution in [0.2, 0.25) is 0 Å². The van der Waals surface area contributed by atoms with E-state index in [1.165, 1.54) is 0 Å². The summed E-state index contributed by atoms with van der Waals surface area (Å²) >= 11 is 0. The maximum Gasteiger partial charge on any atom is 0.410 e. The number of primary amides is 1. The lowest BCUT2D eigenvalue weighted by molar-refractivity contribution is 0.0214. The molecule has 0 saturated carbocycles. The highest BCUT2D eigenvalue weighted by Gasteiger charge is 2.27. The molecule has 1 aliphatic rings. The molecule has 1 aromatic rings. The van der Waals surface area contributed by atoms with E-state index in [4.69, 9.17) is 15.5 Å². The number of carbonyl (C=O) groups is 2. The third-order valence-electron chi connectivity index (χ3n) is 5.41. The van der Waals surface area contributed by atoms with Crippen LogP contribution in [-0.2, 0) is 11.3 Å². The van der Waals surface area contributed by atoms with Crippen LogP contribution in [-0.4, -0.2) is 66.1 Å². The van der Waals surface area contributed by atoms with Crippen LogP contribution in [0.1, 0.15) is 63.4 Å². The molecule has 0 bridgehead atoms. The van der Waals surface area contributed by atoms with E-state index in [0.29, 0.717) is 24.6 Å². The maximum atomic E-state index is 12.4. The topological polar surface area (TPSA) is 100 Å². The third kappa shape index (κ3) is 9.77. The smallest absolute Gasteiger partial charge is 0.410 e. The zero-order valence-corrected chi connectivity index (χ0v) is 22.9. The Hall–Kier alpha value is -2.04. The summed E-state index contributed by atoms with van der Waals surface area (Å²) in [6.45, 7) is 14.2. The summed E-state index contributed by atoms with van der Waals surface area (Å²) in [5, 5.41) is 3.38. The van der Waals surface area contributed by atoms with Crippen molar-refractivity contribution in [3.05, 3.63) is 35.4 Å². The van der Waals surface area contributed by atoms with Crippen LogP contribution in [0.4, 0.5) is 4.79 Å². The van der Waals surface area contributed by atoms with Gasteiger partial charge in [0.1, 0.15) is 5.60 Å². The van der Waals surface area contributed by atoms with E-state index in [1.807, 2.05) is 39.8 Å². The minimum Gasteiger partial charge on any atom is -0.444 e. The van der Waals surface area contributed by atoms with Gasteiger partial charge in [-0.1, -0.05) is 12.1 Å². The number of guanidine groups is 1. The molecule has 9 heteroatoms. The number of amides is 2. The van der Waals surface area contributed by atoms with Crippen molar-refractivity contribution >= 4 is 41.9 Å². The lowest BCUT2D eigenvalue weighted by Gasteiger charge is -2.36. The number of halogens is 1. The number of hydrogen-bond donors (Lipinski definition) is 2. The normalized spacial score (nSPS) is 14.9. The Kier molecular flexibility index (Phi) is 12.0. The first kappa shape index (κ1) is 29.0. The van der Waals surface area contributed by atoms with Gasteiger partial charge in [-0.25, -0.2) is 9.79 Å². The van der Waals surface area contributed by atoms with E-state index < -0.39 is 11.5 Å². The van der Waals surface area contributed by atoms with Gasteiger partial charge in [0.15, 0.2) is 5.96 Å². The number of rotatable bonds is 7. The van der Waals surface area contributed by atoms with Crippen LogP contribution in [0, 0.1) is 5.92 Å². The number of nitrogens with zero attached hydrogens (tertiary/aromatic N) is 3. The Morgan fingerprint density at radius 3 is 2.27 bits per heavy atom. The second-order valence-corrected chi connectivity index (χ2v) is 9.18. The molecular weight excluding hydrogens is 533 g/mol. The van der Waals surface area contributed by atoms with Gasteiger partial charge in [0.25, 0.3) is 0 Å². The molecule has 0 spiro atoms. The van der Waals surface area contributed by atoms with E-state index in [2.05, 4.69) is 17.1 Å². The summed E-state index contributed by atoms with van der Waals surface area (Å²) in [6.07, 6.45) is 1.76. The number of carbonyl (C=O) groups excluding carboxylic acids is 2. The van der Waals surface area contributed by atoms with Crippen molar-refractivity contribution < 1.29 is 14.3 Å². The molecule has 33 heavy (non-hydrogen) atoms. The Balaban J connectivity index is 0.00000544. The van der Waals surface area contributed by atoms with E-state index in [0.717, 1.165) is 50.5 Å². The van der Waals surface area contributed by atoms with E-state index in [9.17, 15) is 9.59 Å². The Bertz CT molecular complexity index is 784. The van der Waals surface area contributed by atoms with Gasteiger partial charge in [-0.15, -0.1) is 24.0 Å². The predicted octanol–water partition coefficient (Wildman–Crippen LogP) is 3.84. The summed E-state index contributed by atoms with van der Waals surface area (Å²) in [5.41, 5.74) is 6.35. The standard InChI is InChI=1S/C24H39N5O3.HI/c1-6-26-22(27-16-18-8-10-20(11-9-18)21(25)30)29-14-12-19(13-15-29)17-28(7-2)23(31)32-24(3,4)5;/h8-11,19H,6-7,12-17H2,1-5H3,(H2,25,30)(H,26,27);1H. The molecule has 0 aliphatic carbocycles. The monoisotopic (exact) mass is 573 g/mol. The summed E-state index contributed by atoms with van der Waals surface area (Å²) in [5.74, 6) is 0.914. The largest absolute Gasteiger partial charge is 0.444 e. The SMILES string of the molecule is CCNC(=NCc1ccc(C(N)=O)cc1)N1CCC(CN(CC)C(=O)OC(C)(C)C)CC1.I. The average Bonchev–Trinajstić information content (AvgIpc) is 2.74. The summed E-state index contributed by atoms with van der Waals surface area (Å²) in [6, 6.07) is 7.23. The van der Waals surface area contributed by atoms with Gasteiger partial charge in [0.05, 0.1) is 6.54 Å². The summed E-state index contributed by atoms with van der Waals surface area (Å²) < 4.78 is 5.54. The molecule has 186 valence electrons. The summed E-state index contributed by atoms with van der Waals surface area (Å²) in [7, 11) is 0. The molecule has 0 aromatic heterocycles. The first-order valence-electron chi connectivity index (χ1n) is 11.5. The third-order valence-corrected chi connectivity index (χ3v) is 5.41. The van der Waals surface area contributed by atoms with Crippen molar-refractivity contribution in [2.24, 2.45) is 16.6 Å². The van der Waals surface area contributed by atoms with Crippen LogP contribution in [0.3, 0.4) is 0 Å². The molecule has 0 unspecified atom stereocenters. The van der Waals surface area contributed by atoms with Crippen molar-refractivity contribution in [3.63, 3.8) is 0 Å². The van der Waals surface area contributed by atoms with Crippen LogP contribution in [0.25, 0.3) is 0 Å².